The van der Waals surface area contributed by atoms with Gasteiger partial charge in [-0.1, -0.05) is 12.1 Å². The van der Waals surface area contributed by atoms with Crippen LogP contribution in [0.4, 0.5) is 0 Å². The SMILES string of the molecule is COc1ccc(S(=O)(=O)C(=[N+]=[N-])S(=O)(=O)c2ccccc2OC)cc1. The Morgan fingerprint density at radius 2 is 1.48 bits per heavy atom. The number of methoxy groups -OCH3 is 2. The molecule has 0 fully saturated rings. The molecule has 0 unspecified atom stereocenters. The summed E-state index contributed by atoms with van der Waals surface area (Å²) in [6, 6.07) is 10.4. The van der Waals surface area contributed by atoms with E-state index in [0.29, 0.717) is 5.75 Å². The highest BCUT2D eigenvalue weighted by molar-refractivity contribution is 8.31. The van der Waals surface area contributed by atoms with Crippen LogP contribution in [0.5, 0.6) is 11.5 Å². The van der Waals surface area contributed by atoms with Crippen molar-refractivity contribution >= 4 is 24.1 Å². The molecule has 0 spiro atoms. The van der Waals surface area contributed by atoms with Gasteiger partial charge >= 0.3 is 4.38 Å². The van der Waals surface area contributed by atoms with Crippen LogP contribution in [0.2, 0.25) is 0 Å². The predicted molar refractivity (Wildman–Crippen MR) is 89.0 cm³/mol. The Balaban J connectivity index is 2.63. The Morgan fingerprint density at radius 3 is 2.00 bits per heavy atom. The molecule has 0 heterocycles. The molecule has 2 aromatic rings. The minimum atomic E-state index is -4.66. The molecular formula is C15H14N2O6S2. The molecule has 0 saturated heterocycles. The summed E-state index contributed by atoms with van der Waals surface area (Å²) >= 11 is 0. The van der Waals surface area contributed by atoms with Crippen molar-refractivity contribution in [3.05, 3.63) is 54.1 Å². The van der Waals surface area contributed by atoms with Crippen LogP contribution in [0.25, 0.3) is 5.53 Å². The van der Waals surface area contributed by atoms with E-state index in [1.54, 1.807) is 0 Å². The monoisotopic (exact) mass is 382 g/mol. The zero-order valence-corrected chi connectivity index (χ0v) is 14.9. The quantitative estimate of drug-likeness (QED) is 0.342. The molecule has 0 atom stereocenters. The van der Waals surface area contributed by atoms with Crippen molar-refractivity contribution < 1.29 is 31.1 Å². The van der Waals surface area contributed by atoms with E-state index in [2.05, 4.69) is 4.79 Å². The Kier molecular flexibility index (Phi) is 5.27. The first-order chi connectivity index (χ1) is 11.8. The second-order valence-corrected chi connectivity index (χ2v) is 8.66. The summed E-state index contributed by atoms with van der Waals surface area (Å²) in [6.45, 7) is 0. The van der Waals surface area contributed by atoms with E-state index in [0.717, 1.165) is 18.2 Å². The Hall–Kier alpha value is -2.68. The third-order valence-corrected chi connectivity index (χ3v) is 7.48. The van der Waals surface area contributed by atoms with Gasteiger partial charge in [0.15, 0.2) is 0 Å². The van der Waals surface area contributed by atoms with Crippen LogP contribution in [-0.4, -0.2) is 40.2 Å². The molecule has 0 N–H and O–H groups in total. The standard InChI is InChI=1S/C15H14N2O6S2/c1-22-11-7-9-12(10-8-11)24(18,19)15(17-16)25(20,21)14-6-4-3-5-13(14)23-2/h3-10H,1-2H3. The summed E-state index contributed by atoms with van der Waals surface area (Å²) in [5, 5.41) is 0. The lowest BCUT2D eigenvalue weighted by Gasteiger charge is -2.07. The maximum atomic E-state index is 12.7. The molecule has 0 aliphatic heterocycles. The van der Waals surface area contributed by atoms with Crippen LogP contribution in [0.3, 0.4) is 0 Å². The number of sulfone groups is 2. The highest BCUT2D eigenvalue weighted by Crippen LogP contribution is 2.28. The number of nitrogens with zero attached hydrogens (tertiary/aromatic N) is 2. The topological polar surface area (TPSA) is 123 Å². The fourth-order valence-electron chi connectivity index (χ4n) is 2.04. The van der Waals surface area contributed by atoms with Crippen molar-refractivity contribution in [1.82, 2.24) is 0 Å². The van der Waals surface area contributed by atoms with Gasteiger partial charge in [0.25, 0.3) is 19.7 Å². The van der Waals surface area contributed by atoms with Crippen LogP contribution in [0.1, 0.15) is 0 Å². The summed E-state index contributed by atoms with van der Waals surface area (Å²) < 4.78 is 59.2. The number of para-hydroxylation sites is 1. The molecule has 2 rings (SSSR count). The van der Waals surface area contributed by atoms with Gasteiger partial charge in [-0.15, -0.1) is 4.79 Å². The maximum absolute atomic E-state index is 12.7. The lowest BCUT2D eigenvalue weighted by molar-refractivity contribution is 0.00379. The van der Waals surface area contributed by atoms with Crippen LogP contribution < -0.4 is 9.47 Å². The van der Waals surface area contributed by atoms with Crippen molar-refractivity contribution in [2.45, 2.75) is 9.79 Å². The first kappa shape index (κ1) is 18.7. The summed E-state index contributed by atoms with van der Waals surface area (Å²) in [7, 11) is -6.63. The summed E-state index contributed by atoms with van der Waals surface area (Å²) in [5.74, 6) is 0.308. The Morgan fingerprint density at radius 1 is 0.880 bits per heavy atom. The van der Waals surface area contributed by atoms with Gasteiger partial charge in [-0.05, 0) is 36.4 Å². The molecule has 8 nitrogen and oxygen atoms in total. The third-order valence-electron chi connectivity index (χ3n) is 3.27. The van der Waals surface area contributed by atoms with Crippen LogP contribution >= 0.6 is 0 Å². The van der Waals surface area contributed by atoms with Crippen molar-refractivity contribution in [3.63, 3.8) is 0 Å². The second kappa shape index (κ2) is 7.06. The van der Waals surface area contributed by atoms with Crippen molar-refractivity contribution in [3.8, 4) is 11.5 Å². The number of hydrogen-bond acceptors (Lipinski definition) is 6. The average Bonchev–Trinajstić information content (AvgIpc) is 2.61. The molecule has 25 heavy (non-hydrogen) atoms. The molecule has 0 aromatic heterocycles. The zero-order chi connectivity index (χ0) is 18.7. The number of benzene rings is 2. The van der Waals surface area contributed by atoms with Gasteiger partial charge in [0.1, 0.15) is 16.4 Å². The number of rotatable bonds is 4. The minimum absolute atomic E-state index is 0.0754. The van der Waals surface area contributed by atoms with Crippen molar-refractivity contribution in [2.75, 3.05) is 14.2 Å². The van der Waals surface area contributed by atoms with Gasteiger partial charge in [-0.2, -0.15) is 0 Å². The van der Waals surface area contributed by atoms with E-state index >= 15 is 0 Å². The average molecular weight is 382 g/mol. The molecule has 0 aliphatic carbocycles. The van der Waals surface area contributed by atoms with E-state index in [4.69, 9.17) is 15.0 Å². The number of ether oxygens (including phenoxy) is 2. The van der Waals surface area contributed by atoms with E-state index < -0.39 is 28.9 Å². The van der Waals surface area contributed by atoms with E-state index in [-0.39, 0.29) is 10.6 Å². The Labute approximate surface area is 145 Å². The fraction of sp³-hybridized carbons (Fsp3) is 0.133. The Bertz CT molecular complexity index is 1040. The summed E-state index contributed by atoms with van der Waals surface area (Å²) in [4.78, 5) is 1.77. The van der Waals surface area contributed by atoms with Crippen LogP contribution in [-0.2, 0) is 19.7 Å². The molecule has 2 aromatic carbocycles. The van der Waals surface area contributed by atoms with E-state index in [1.165, 1.54) is 44.6 Å². The summed E-state index contributed by atoms with van der Waals surface area (Å²) in [5.41, 5.74) is 9.15. The molecule has 0 saturated carbocycles. The van der Waals surface area contributed by atoms with Gasteiger partial charge in [0, 0.05) is 0 Å². The van der Waals surface area contributed by atoms with Gasteiger partial charge in [0.05, 0.1) is 19.1 Å². The molecule has 0 bridgehead atoms. The highest BCUT2D eigenvalue weighted by Gasteiger charge is 2.45. The molecule has 132 valence electrons. The van der Waals surface area contributed by atoms with Crippen molar-refractivity contribution in [1.29, 1.82) is 0 Å². The number of hydrogen-bond donors (Lipinski definition) is 0. The van der Waals surface area contributed by atoms with Gasteiger partial charge in [0.2, 0.25) is 0 Å². The van der Waals surface area contributed by atoms with Crippen molar-refractivity contribution in [2.24, 2.45) is 0 Å². The van der Waals surface area contributed by atoms with Gasteiger partial charge < -0.3 is 15.0 Å². The van der Waals surface area contributed by atoms with Crippen LogP contribution in [0, 0.1) is 0 Å². The lowest BCUT2D eigenvalue weighted by atomic mass is 10.3. The minimum Gasteiger partial charge on any atom is -0.497 e. The maximum Gasteiger partial charge on any atom is 0.504 e. The summed E-state index contributed by atoms with van der Waals surface area (Å²) in [6.07, 6.45) is 0. The molecule has 0 amide bonds. The second-order valence-electron chi connectivity index (χ2n) is 4.70. The molecule has 10 heteroatoms. The molecular weight excluding hydrogens is 368 g/mol. The van der Waals surface area contributed by atoms with Gasteiger partial charge in [-0.3, -0.25) is 0 Å². The van der Waals surface area contributed by atoms with E-state index in [9.17, 15) is 16.8 Å². The highest BCUT2D eigenvalue weighted by atomic mass is 32.3. The van der Waals surface area contributed by atoms with Crippen LogP contribution in [0.15, 0.2) is 58.3 Å². The molecule has 0 aliphatic rings. The smallest absolute Gasteiger partial charge is 0.497 e. The first-order valence-corrected chi connectivity index (χ1v) is 9.75. The predicted octanol–water partition coefficient (Wildman–Crippen LogP) is 1.54. The lowest BCUT2D eigenvalue weighted by Crippen LogP contribution is -2.26. The normalized spacial score (nSPS) is 11.4. The zero-order valence-electron chi connectivity index (χ0n) is 13.3. The molecule has 0 radical (unpaired) electrons. The first-order valence-electron chi connectivity index (χ1n) is 6.78. The fourth-order valence-corrected chi connectivity index (χ4v) is 5.53. The van der Waals surface area contributed by atoms with Gasteiger partial charge in [-0.25, -0.2) is 16.8 Å². The largest absolute Gasteiger partial charge is 0.504 e. The third kappa shape index (κ3) is 3.41. The van der Waals surface area contributed by atoms with E-state index in [1.807, 2.05) is 0 Å².